The Morgan fingerprint density at radius 2 is 1.70 bits per heavy atom. The zero-order valence-electron chi connectivity index (χ0n) is 11.5. The van der Waals surface area contributed by atoms with Gasteiger partial charge < -0.3 is 4.98 Å². The molecule has 3 rings (SSSR count). The van der Waals surface area contributed by atoms with Gasteiger partial charge in [0.2, 0.25) is 0 Å². The second-order valence-corrected chi connectivity index (χ2v) is 7.41. The van der Waals surface area contributed by atoms with E-state index in [0.717, 1.165) is 10.9 Å². The molecule has 23 heavy (non-hydrogen) atoms. The third kappa shape index (κ3) is 3.34. The fourth-order valence-corrected chi connectivity index (χ4v) is 3.95. The molecule has 0 saturated carbocycles. The molecule has 3 aromatic rings. The van der Waals surface area contributed by atoms with Crippen LogP contribution in [0.25, 0.3) is 10.9 Å². The summed E-state index contributed by atoms with van der Waals surface area (Å²) in [6.07, 6.45) is 0.692. The monoisotopic (exact) mass is 368 g/mol. The molecule has 0 aliphatic carbocycles. The van der Waals surface area contributed by atoms with Crippen LogP contribution in [0.5, 0.6) is 0 Å². The minimum absolute atomic E-state index is 0.0299. The number of anilines is 1. The molecule has 0 fully saturated rings. The van der Waals surface area contributed by atoms with Gasteiger partial charge in [-0.25, -0.2) is 8.42 Å². The van der Waals surface area contributed by atoms with Gasteiger partial charge >= 0.3 is 0 Å². The number of aromatic amines is 1. The van der Waals surface area contributed by atoms with E-state index in [4.69, 9.17) is 23.2 Å². The second-order valence-electron chi connectivity index (χ2n) is 4.86. The minimum atomic E-state index is -3.82. The SMILES string of the molecule is O=Cc1cc2cc(NS(=O)(=O)c3cc(Cl)cc(Cl)c3)ccc2[nH]1. The number of carbonyl (C=O) groups excluding carboxylic acids is 1. The van der Waals surface area contributed by atoms with Crippen molar-refractivity contribution in [2.75, 3.05) is 4.72 Å². The lowest BCUT2D eigenvalue weighted by molar-refractivity contribution is 0.112. The number of halogens is 2. The van der Waals surface area contributed by atoms with Gasteiger partial charge in [-0.15, -0.1) is 0 Å². The van der Waals surface area contributed by atoms with E-state index in [1.807, 2.05) is 0 Å². The third-order valence-electron chi connectivity index (χ3n) is 3.17. The molecule has 118 valence electrons. The maximum Gasteiger partial charge on any atom is 0.261 e. The first-order valence-corrected chi connectivity index (χ1v) is 8.68. The molecule has 2 N–H and O–H groups in total. The van der Waals surface area contributed by atoms with Crippen LogP contribution in [-0.4, -0.2) is 19.7 Å². The molecule has 1 aromatic heterocycles. The maximum absolute atomic E-state index is 12.4. The highest BCUT2D eigenvalue weighted by molar-refractivity contribution is 7.92. The zero-order chi connectivity index (χ0) is 16.6. The molecule has 0 radical (unpaired) electrons. The molecule has 0 bridgehead atoms. The summed E-state index contributed by atoms with van der Waals surface area (Å²) in [5.74, 6) is 0. The number of aromatic nitrogens is 1. The van der Waals surface area contributed by atoms with Crippen LogP contribution < -0.4 is 4.72 Å². The second kappa shape index (κ2) is 5.88. The van der Waals surface area contributed by atoms with E-state index in [2.05, 4.69) is 9.71 Å². The number of H-pyrrole nitrogens is 1. The van der Waals surface area contributed by atoms with Crippen LogP contribution in [0.3, 0.4) is 0 Å². The summed E-state index contributed by atoms with van der Waals surface area (Å²) in [6, 6.07) is 10.6. The van der Waals surface area contributed by atoms with Gasteiger partial charge in [0.15, 0.2) is 6.29 Å². The predicted octanol–water partition coefficient (Wildman–Crippen LogP) is 4.09. The van der Waals surface area contributed by atoms with E-state index < -0.39 is 10.0 Å². The molecular weight excluding hydrogens is 359 g/mol. The van der Waals surface area contributed by atoms with Crippen molar-refractivity contribution in [1.29, 1.82) is 0 Å². The van der Waals surface area contributed by atoms with Crippen molar-refractivity contribution in [3.63, 3.8) is 0 Å². The molecule has 0 aliphatic heterocycles. The third-order valence-corrected chi connectivity index (χ3v) is 4.96. The molecule has 0 aliphatic rings. The van der Waals surface area contributed by atoms with Crippen molar-refractivity contribution >= 4 is 56.1 Å². The Bertz CT molecular complexity index is 992. The van der Waals surface area contributed by atoms with Crippen molar-refractivity contribution in [2.45, 2.75) is 4.90 Å². The Kier molecular flexibility index (Phi) is 4.06. The first-order valence-electron chi connectivity index (χ1n) is 6.44. The van der Waals surface area contributed by atoms with Crippen LogP contribution in [0.1, 0.15) is 10.5 Å². The summed E-state index contributed by atoms with van der Waals surface area (Å²) in [6.45, 7) is 0. The van der Waals surface area contributed by atoms with Crippen molar-refractivity contribution in [2.24, 2.45) is 0 Å². The highest BCUT2D eigenvalue weighted by Gasteiger charge is 2.16. The fraction of sp³-hybridized carbons (Fsp3) is 0. The van der Waals surface area contributed by atoms with Crippen molar-refractivity contribution in [3.8, 4) is 0 Å². The van der Waals surface area contributed by atoms with Crippen molar-refractivity contribution in [3.05, 3.63) is 58.2 Å². The van der Waals surface area contributed by atoms with Crippen LogP contribution >= 0.6 is 23.2 Å². The summed E-state index contributed by atoms with van der Waals surface area (Å²) in [4.78, 5) is 13.6. The molecule has 0 saturated heterocycles. The average Bonchev–Trinajstić information content (AvgIpc) is 2.88. The molecule has 0 atom stereocenters. The van der Waals surface area contributed by atoms with Crippen LogP contribution in [0.2, 0.25) is 10.0 Å². The molecule has 1 heterocycles. The average molecular weight is 369 g/mol. The van der Waals surface area contributed by atoms with E-state index >= 15 is 0 Å². The van der Waals surface area contributed by atoms with Crippen molar-refractivity contribution in [1.82, 2.24) is 4.98 Å². The summed E-state index contributed by atoms with van der Waals surface area (Å²) in [5.41, 5.74) is 1.52. The maximum atomic E-state index is 12.4. The Labute approximate surface area is 142 Å². The number of carbonyl (C=O) groups is 1. The standard InChI is InChI=1S/C15H10Cl2N2O3S/c16-10-5-11(17)7-14(6-10)23(21,22)19-12-1-2-15-9(3-12)4-13(8-20)18-15/h1-8,18-19H. The van der Waals surface area contributed by atoms with E-state index in [0.29, 0.717) is 17.7 Å². The molecule has 2 aromatic carbocycles. The summed E-state index contributed by atoms with van der Waals surface area (Å²) in [5, 5.41) is 1.18. The topological polar surface area (TPSA) is 79.0 Å². The van der Waals surface area contributed by atoms with E-state index in [1.165, 1.54) is 18.2 Å². The molecule has 0 amide bonds. The molecule has 5 nitrogen and oxygen atoms in total. The van der Waals surface area contributed by atoms with E-state index in [-0.39, 0.29) is 14.9 Å². The van der Waals surface area contributed by atoms with Gasteiger partial charge in [0.1, 0.15) is 0 Å². The summed E-state index contributed by atoms with van der Waals surface area (Å²) in [7, 11) is -3.82. The first kappa shape index (κ1) is 15.9. The molecule has 0 spiro atoms. The Morgan fingerprint density at radius 1 is 1.00 bits per heavy atom. The summed E-state index contributed by atoms with van der Waals surface area (Å²) >= 11 is 11.7. The lowest BCUT2D eigenvalue weighted by Crippen LogP contribution is -2.12. The largest absolute Gasteiger partial charge is 0.352 e. The number of aldehydes is 1. The zero-order valence-corrected chi connectivity index (χ0v) is 13.8. The molecular formula is C15H10Cl2N2O3S. The number of nitrogens with one attached hydrogen (secondary N) is 2. The van der Waals surface area contributed by atoms with Crippen LogP contribution in [0, 0.1) is 0 Å². The first-order chi connectivity index (χ1) is 10.9. The summed E-state index contributed by atoms with van der Waals surface area (Å²) < 4.78 is 27.3. The van der Waals surface area contributed by atoms with Gasteiger partial charge in [0.05, 0.1) is 10.6 Å². The molecule has 8 heteroatoms. The number of fused-ring (bicyclic) bond motifs is 1. The lowest BCUT2D eigenvalue weighted by atomic mass is 10.2. The van der Waals surface area contributed by atoms with Crippen LogP contribution in [-0.2, 0) is 10.0 Å². The van der Waals surface area contributed by atoms with Crippen LogP contribution in [0.4, 0.5) is 5.69 Å². The van der Waals surface area contributed by atoms with Gasteiger partial charge in [-0.1, -0.05) is 23.2 Å². The predicted molar refractivity (Wildman–Crippen MR) is 91.0 cm³/mol. The number of benzene rings is 2. The van der Waals surface area contributed by atoms with Gasteiger partial charge in [0.25, 0.3) is 10.0 Å². The van der Waals surface area contributed by atoms with Crippen molar-refractivity contribution < 1.29 is 13.2 Å². The molecule has 0 unspecified atom stereocenters. The highest BCUT2D eigenvalue weighted by atomic mass is 35.5. The normalized spacial score (nSPS) is 11.6. The van der Waals surface area contributed by atoms with Crippen LogP contribution in [0.15, 0.2) is 47.4 Å². The smallest absolute Gasteiger partial charge is 0.261 e. The van der Waals surface area contributed by atoms with E-state index in [1.54, 1.807) is 24.3 Å². The fourth-order valence-electron chi connectivity index (χ4n) is 2.18. The number of sulfonamides is 1. The van der Waals surface area contributed by atoms with Gasteiger partial charge in [0, 0.05) is 26.6 Å². The Morgan fingerprint density at radius 3 is 2.35 bits per heavy atom. The van der Waals surface area contributed by atoms with Gasteiger partial charge in [-0.2, -0.15) is 0 Å². The Balaban J connectivity index is 1.97. The van der Waals surface area contributed by atoms with E-state index in [9.17, 15) is 13.2 Å². The number of hydrogen-bond acceptors (Lipinski definition) is 3. The minimum Gasteiger partial charge on any atom is -0.352 e. The Hall–Kier alpha value is -2.02. The van der Waals surface area contributed by atoms with Gasteiger partial charge in [-0.3, -0.25) is 9.52 Å². The highest BCUT2D eigenvalue weighted by Crippen LogP contribution is 2.25. The number of hydrogen-bond donors (Lipinski definition) is 2. The lowest BCUT2D eigenvalue weighted by Gasteiger charge is -2.09. The quantitative estimate of drug-likeness (QED) is 0.680. The van der Waals surface area contributed by atoms with Gasteiger partial charge in [-0.05, 0) is 42.5 Å². The number of rotatable bonds is 4.